The number of amides is 1. The molecule has 0 aliphatic carbocycles. The zero-order valence-corrected chi connectivity index (χ0v) is 17.7. The van der Waals surface area contributed by atoms with Crippen LogP contribution in [0.2, 0.25) is 10.0 Å². The van der Waals surface area contributed by atoms with Crippen LogP contribution in [0, 0.1) is 11.8 Å². The van der Waals surface area contributed by atoms with Crippen molar-refractivity contribution in [3.05, 3.63) is 33.8 Å². The maximum Gasteiger partial charge on any atom is 0.223 e. The molecule has 1 heterocycles. The second kappa shape index (κ2) is 8.91. The van der Waals surface area contributed by atoms with Gasteiger partial charge in [0, 0.05) is 40.7 Å². The predicted octanol–water partition coefficient (Wildman–Crippen LogP) is 3.70. The van der Waals surface area contributed by atoms with Crippen LogP contribution >= 0.6 is 23.2 Å². The highest BCUT2D eigenvalue weighted by Gasteiger charge is 2.32. The highest BCUT2D eigenvalue weighted by Crippen LogP contribution is 2.29. The standard InChI is InChI=1S/C18H26Cl2N2O3S/c1-12(2)13(3)21-18(23)14-7-9-22(10-8-14)26(24,25)11-15-16(19)5-4-6-17(15)20/h4-6,12-14H,7-11H2,1-3H3,(H,21,23)/t13-/m1/s1. The third-order valence-corrected chi connectivity index (χ3v) is 7.49. The first-order valence-corrected chi connectivity index (χ1v) is 11.2. The number of hydrogen-bond acceptors (Lipinski definition) is 3. The Morgan fingerprint density at radius 2 is 1.73 bits per heavy atom. The first-order valence-electron chi connectivity index (χ1n) is 8.83. The van der Waals surface area contributed by atoms with Crippen molar-refractivity contribution in [2.75, 3.05) is 13.1 Å². The Hall–Kier alpha value is -0.820. The van der Waals surface area contributed by atoms with Gasteiger partial charge in [-0.15, -0.1) is 0 Å². The molecule has 146 valence electrons. The van der Waals surface area contributed by atoms with E-state index in [1.165, 1.54) is 4.31 Å². The Morgan fingerprint density at radius 3 is 2.23 bits per heavy atom. The van der Waals surface area contributed by atoms with Gasteiger partial charge < -0.3 is 5.32 Å². The van der Waals surface area contributed by atoms with Crippen LogP contribution < -0.4 is 5.32 Å². The molecule has 26 heavy (non-hydrogen) atoms. The van der Waals surface area contributed by atoms with Gasteiger partial charge in [-0.05, 0) is 37.8 Å². The summed E-state index contributed by atoms with van der Waals surface area (Å²) in [6.07, 6.45) is 1.04. The van der Waals surface area contributed by atoms with Crippen molar-refractivity contribution in [1.29, 1.82) is 0 Å². The molecule has 1 aliphatic rings. The van der Waals surface area contributed by atoms with Gasteiger partial charge in [-0.2, -0.15) is 0 Å². The minimum absolute atomic E-state index is 0.0115. The molecule has 1 atom stereocenters. The van der Waals surface area contributed by atoms with Gasteiger partial charge >= 0.3 is 0 Å². The summed E-state index contributed by atoms with van der Waals surface area (Å²) in [4.78, 5) is 12.3. The normalized spacial score (nSPS) is 18.1. The number of hydrogen-bond donors (Lipinski definition) is 1. The minimum Gasteiger partial charge on any atom is -0.353 e. The maximum absolute atomic E-state index is 12.7. The van der Waals surface area contributed by atoms with Crippen molar-refractivity contribution in [3.8, 4) is 0 Å². The summed E-state index contributed by atoms with van der Waals surface area (Å²) >= 11 is 12.2. The average Bonchev–Trinajstić information content (AvgIpc) is 2.58. The molecule has 1 aromatic rings. The van der Waals surface area contributed by atoms with Gasteiger partial charge in [0.05, 0.1) is 5.75 Å². The van der Waals surface area contributed by atoms with Gasteiger partial charge in [-0.25, -0.2) is 12.7 Å². The molecule has 5 nitrogen and oxygen atoms in total. The lowest BCUT2D eigenvalue weighted by Crippen LogP contribution is -2.46. The third-order valence-electron chi connectivity index (χ3n) is 4.98. The summed E-state index contributed by atoms with van der Waals surface area (Å²) < 4.78 is 26.9. The summed E-state index contributed by atoms with van der Waals surface area (Å²) in [6.45, 7) is 6.76. The number of carbonyl (C=O) groups is 1. The molecule has 0 spiro atoms. The predicted molar refractivity (Wildman–Crippen MR) is 106 cm³/mol. The Kier molecular flexibility index (Phi) is 7.36. The molecule has 0 bridgehead atoms. The first-order chi connectivity index (χ1) is 12.1. The summed E-state index contributed by atoms with van der Waals surface area (Å²) in [5, 5.41) is 3.71. The second-order valence-electron chi connectivity index (χ2n) is 7.17. The molecule has 1 aromatic carbocycles. The topological polar surface area (TPSA) is 66.5 Å². The van der Waals surface area contributed by atoms with Crippen LogP contribution in [-0.2, 0) is 20.6 Å². The molecule has 1 fully saturated rings. The van der Waals surface area contributed by atoms with Crippen LogP contribution in [-0.4, -0.2) is 37.8 Å². The van der Waals surface area contributed by atoms with Crippen molar-refractivity contribution < 1.29 is 13.2 Å². The van der Waals surface area contributed by atoms with Crippen LogP contribution in [0.5, 0.6) is 0 Å². The van der Waals surface area contributed by atoms with Crippen LogP contribution in [0.15, 0.2) is 18.2 Å². The number of nitrogens with one attached hydrogen (secondary N) is 1. The number of nitrogens with zero attached hydrogens (tertiary/aromatic N) is 1. The van der Waals surface area contributed by atoms with E-state index in [2.05, 4.69) is 19.2 Å². The Labute approximate surface area is 166 Å². The number of rotatable bonds is 6. The molecule has 8 heteroatoms. The molecule has 1 amide bonds. The summed E-state index contributed by atoms with van der Waals surface area (Å²) in [7, 11) is -3.53. The molecule has 1 aliphatic heterocycles. The smallest absolute Gasteiger partial charge is 0.223 e. The van der Waals surface area contributed by atoms with E-state index in [1.807, 2.05) is 6.92 Å². The Balaban J connectivity index is 1.97. The van der Waals surface area contributed by atoms with Crippen LogP contribution in [0.1, 0.15) is 39.2 Å². The van der Waals surface area contributed by atoms with Crippen molar-refractivity contribution >= 4 is 39.1 Å². The van der Waals surface area contributed by atoms with E-state index in [0.29, 0.717) is 47.5 Å². The van der Waals surface area contributed by atoms with Gasteiger partial charge in [-0.3, -0.25) is 4.79 Å². The Morgan fingerprint density at radius 1 is 1.19 bits per heavy atom. The zero-order valence-electron chi connectivity index (χ0n) is 15.3. The van der Waals surface area contributed by atoms with Gasteiger partial charge in [0.25, 0.3) is 0 Å². The van der Waals surface area contributed by atoms with Gasteiger partial charge in [0.15, 0.2) is 0 Å². The van der Waals surface area contributed by atoms with Crippen molar-refractivity contribution in [3.63, 3.8) is 0 Å². The fourth-order valence-electron chi connectivity index (χ4n) is 2.85. The fourth-order valence-corrected chi connectivity index (χ4v) is 5.16. The van der Waals surface area contributed by atoms with Crippen LogP contribution in [0.25, 0.3) is 0 Å². The van der Waals surface area contributed by atoms with Crippen molar-refractivity contribution in [1.82, 2.24) is 9.62 Å². The van der Waals surface area contributed by atoms with Crippen LogP contribution in [0.4, 0.5) is 0 Å². The molecule has 0 saturated carbocycles. The number of benzene rings is 1. The van der Waals surface area contributed by atoms with Crippen molar-refractivity contribution in [2.45, 2.75) is 45.4 Å². The van der Waals surface area contributed by atoms with E-state index in [-0.39, 0.29) is 23.6 Å². The van der Waals surface area contributed by atoms with Crippen molar-refractivity contribution in [2.24, 2.45) is 11.8 Å². The van der Waals surface area contributed by atoms with E-state index in [4.69, 9.17) is 23.2 Å². The molecule has 2 rings (SSSR count). The summed E-state index contributed by atoms with van der Waals surface area (Å²) in [6, 6.07) is 5.05. The Bertz CT molecular complexity index is 725. The highest BCUT2D eigenvalue weighted by atomic mass is 35.5. The maximum atomic E-state index is 12.7. The highest BCUT2D eigenvalue weighted by molar-refractivity contribution is 7.88. The molecule has 0 aromatic heterocycles. The number of sulfonamides is 1. The monoisotopic (exact) mass is 420 g/mol. The van der Waals surface area contributed by atoms with E-state index >= 15 is 0 Å². The lowest BCUT2D eigenvalue weighted by atomic mass is 9.96. The third kappa shape index (κ3) is 5.35. The molecular formula is C18H26Cl2N2O3S. The van der Waals surface area contributed by atoms with E-state index in [0.717, 1.165) is 0 Å². The molecule has 1 saturated heterocycles. The first kappa shape index (κ1) is 21.5. The molecule has 1 N–H and O–H groups in total. The number of piperidine rings is 1. The number of carbonyl (C=O) groups excluding carboxylic acids is 1. The summed E-state index contributed by atoms with van der Waals surface area (Å²) in [5.41, 5.74) is 0.418. The fraction of sp³-hybridized carbons (Fsp3) is 0.611. The minimum atomic E-state index is -3.53. The quantitative estimate of drug-likeness (QED) is 0.762. The summed E-state index contributed by atoms with van der Waals surface area (Å²) in [5.74, 6) is -0.00373. The lowest BCUT2D eigenvalue weighted by molar-refractivity contribution is -0.127. The van der Waals surface area contributed by atoms with E-state index < -0.39 is 10.0 Å². The van der Waals surface area contributed by atoms with E-state index in [1.54, 1.807) is 18.2 Å². The lowest BCUT2D eigenvalue weighted by Gasteiger charge is -2.31. The van der Waals surface area contributed by atoms with Crippen LogP contribution in [0.3, 0.4) is 0 Å². The van der Waals surface area contributed by atoms with E-state index in [9.17, 15) is 13.2 Å². The number of halogens is 2. The molecular weight excluding hydrogens is 395 g/mol. The molecule has 0 radical (unpaired) electrons. The second-order valence-corrected chi connectivity index (χ2v) is 9.95. The van der Waals surface area contributed by atoms with Gasteiger partial charge in [0.2, 0.25) is 15.9 Å². The SMILES string of the molecule is CC(C)[C@@H](C)NC(=O)C1CCN(S(=O)(=O)Cc2c(Cl)cccc2Cl)CC1. The van der Waals surface area contributed by atoms with Gasteiger partial charge in [-0.1, -0.05) is 43.1 Å². The average molecular weight is 421 g/mol. The van der Waals surface area contributed by atoms with Gasteiger partial charge in [0.1, 0.15) is 0 Å². The molecule has 0 unspecified atom stereocenters. The largest absolute Gasteiger partial charge is 0.353 e. The zero-order chi connectivity index (χ0) is 19.5.